The van der Waals surface area contributed by atoms with E-state index in [1.807, 2.05) is 109 Å². The minimum atomic E-state index is -2.07. The Bertz CT molecular complexity index is 2920. The number of anilines is 1. The molecule has 2 N–H and O–H groups in total. The highest BCUT2D eigenvalue weighted by Crippen LogP contribution is 2.66. The second-order valence-corrected chi connectivity index (χ2v) is 19.1. The Morgan fingerprint density at radius 2 is 1.38 bits per heavy atom. The summed E-state index contributed by atoms with van der Waals surface area (Å²) in [6.45, 7) is 2.25. The Hall–Kier alpha value is -7.80. The number of hydrogen-bond acceptors (Lipinski definition) is 12. The number of esters is 3. The van der Waals surface area contributed by atoms with Gasteiger partial charge in [-0.15, -0.1) is 0 Å². The van der Waals surface area contributed by atoms with Crippen LogP contribution in [0.25, 0.3) is 0 Å². The number of fused-ring (bicyclic) bond motifs is 3. The van der Waals surface area contributed by atoms with E-state index in [2.05, 4.69) is 17.2 Å². The van der Waals surface area contributed by atoms with Gasteiger partial charge in [0, 0.05) is 25.1 Å². The Morgan fingerprint density at radius 1 is 0.757 bits per heavy atom. The normalized spacial score (nSPS) is 22.8. The lowest BCUT2D eigenvalue weighted by atomic mass is 9.64. The predicted octanol–water partition coefficient (Wildman–Crippen LogP) is 7.69. The first-order valence-electron chi connectivity index (χ1n) is 25.2. The van der Waals surface area contributed by atoms with Crippen LogP contribution in [0.15, 0.2) is 133 Å². The van der Waals surface area contributed by atoms with E-state index in [1.54, 1.807) is 41.3 Å². The van der Waals surface area contributed by atoms with Gasteiger partial charge in [-0.2, -0.15) is 0 Å². The molecule has 4 heterocycles. The number of cyclic esters (lactones) is 1. The average molecular weight is 1000 g/mol. The van der Waals surface area contributed by atoms with Gasteiger partial charge in [0.25, 0.3) is 0 Å². The molecule has 15 nitrogen and oxygen atoms in total. The third kappa shape index (κ3) is 9.63. The number of nitrogens with one attached hydrogen (secondary N) is 1. The second-order valence-electron chi connectivity index (χ2n) is 19.1. The van der Waals surface area contributed by atoms with Crippen LogP contribution in [0.2, 0.25) is 0 Å². The van der Waals surface area contributed by atoms with Crippen molar-refractivity contribution in [2.24, 2.45) is 11.8 Å². The molecule has 4 aliphatic rings. The van der Waals surface area contributed by atoms with E-state index < -0.39 is 83.3 Å². The zero-order valence-corrected chi connectivity index (χ0v) is 41.7. The van der Waals surface area contributed by atoms with Crippen molar-refractivity contribution in [3.05, 3.63) is 167 Å². The second kappa shape index (κ2) is 22.5. The molecule has 0 aromatic heterocycles. The van der Waals surface area contributed by atoms with Crippen LogP contribution in [-0.2, 0) is 43.6 Å². The SMILES string of the molecule is COC(=O)C(CC#Cc1ccc2c(c1)C1(C(=O)N2C(=O)NC(C)c2ccccc2)C(C(=O)N2CCCCCCC2)C2C(=O)OC(c3ccccc3)C(c3ccccc3)N2C1c1cccc(OCCO)c1)C(=O)OC. The highest BCUT2D eigenvalue weighted by Gasteiger charge is 2.76. The van der Waals surface area contributed by atoms with Gasteiger partial charge in [-0.25, -0.2) is 9.69 Å². The fourth-order valence-corrected chi connectivity index (χ4v) is 11.4. The fourth-order valence-electron chi connectivity index (χ4n) is 11.4. The summed E-state index contributed by atoms with van der Waals surface area (Å²) in [4.78, 5) is 94.5. The maximum atomic E-state index is 16.9. The van der Waals surface area contributed by atoms with Gasteiger partial charge < -0.3 is 34.3 Å². The molecule has 7 unspecified atom stereocenters. The first-order chi connectivity index (χ1) is 36.0. The number of imide groups is 1. The lowest BCUT2D eigenvalue weighted by molar-refractivity contribution is -0.179. The lowest BCUT2D eigenvalue weighted by Crippen LogP contribution is -2.57. The number of aliphatic hydroxyl groups is 1. The predicted molar refractivity (Wildman–Crippen MR) is 273 cm³/mol. The minimum absolute atomic E-state index is 0.0408. The molecule has 0 bridgehead atoms. The van der Waals surface area contributed by atoms with Crippen LogP contribution in [0.3, 0.4) is 0 Å². The monoisotopic (exact) mass is 1000 g/mol. The van der Waals surface area contributed by atoms with Crippen molar-refractivity contribution in [3.63, 3.8) is 0 Å². The molecule has 3 saturated heterocycles. The number of hydrogen-bond donors (Lipinski definition) is 2. The molecule has 1 spiro atoms. The molecule has 15 heteroatoms. The van der Waals surface area contributed by atoms with Crippen molar-refractivity contribution >= 4 is 41.4 Å². The number of methoxy groups -OCH3 is 2. The summed E-state index contributed by atoms with van der Waals surface area (Å²) in [5, 5.41) is 13.0. The van der Waals surface area contributed by atoms with Gasteiger partial charge in [0.15, 0.2) is 5.92 Å². The Labute approximate surface area is 430 Å². The smallest absolute Gasteiger partial charge is 0.329 e. The third-order valence-electron chi connectivity index (χ3n) is 14.8. The van der Waals surface area contributed by atoms with E-state index in [1.165, 1.54) is 0 Å². The van der Waals surface area contributed by atoms with E-state index in [-0.39, 0.29) is 30.9 Å². The minimum Gasteiger partial charge on any atom is -0.491 e. The molecule has 4 amide bonds. The van der Waals surface area contributed by atoms with Crippen molar-refractivity contribution < 1.29 is 52.8 Å². The Balaban J connectivity index is 1.35. The van der Waals surface area contributed by atoms with Crippen LogP contribution in [0.4, 0.5) is 10.5 Å². The number of carbonyl (C=O) groups is 6. The van der Waals surface area contributed by atoms with Crippen LogP contribution >= 0.6 is 0 Å². The number of carbonyl (C=O) groups excluding carboxylic acids is 6. The largest absolute Gasteiger partial charge is 0.491 e. The van der Waals surface area contributed by atoms with Crippen LogP contribution in [0.1, 0.15) is 103 Å². The van der Waals surface area contributed by atoms with Gasteiger partial charge >= 0.3 is 23.9 Å². The summed E-state index contributed by atoms with van der Waals surface area (Å²) >= 11 is 0. The molecule has 382 valence electrons. The Morgan fingerprint density at radius 3 is 2.03 bits per heavy atom. The highest BCUT2D eigenvalue weighted by molar-refractivity contribution is 6.24. The van der Waals surface area contributed by atoms with Crippen molar-refractivity contribution in [1.29, 1.82) is 0 Å². The summed E-state index contributed by atoms with van der Waals surface area (Å²) in [6.07, 6.45) is 2.98. The number of aliphatic hydroxyl groups excluding tert-OH is 1. The maximum Gasteiger partial charge on any atom is 0.329 e. The number of benzene rings is 5. The maximum absolute atomic E-state index is 16.9. The molecular formula is C59H60N4O11. The van der Waals surface area contributed by atoms with Gasteiger partial charge in [0.05, 0.1) is 50.6 Å². The van der Waals surface area contributed by atoms with Crippen LogP contribution < -0.4 is 15.0 Å². The zero-order chi connectivity index (χ0) is 51.9. The Kier molecular flexibility index (Phi) is 15.6. The number of ether oxygens (including phenoxy) is 4. The summed E-state index contributed by atoms with van der Waals surface area (Å²) in [5.74, 6) is 0.000346. The molecule has 5 aromatic rings. The van der Waals surface area contributed by atoms with Crippen molar-refractivity contribution in [2.75, 3.05) is 45.4 Å². The zero-order valence-electron chi connectivity index (χ0n) is 41.7. The van der Waals surface area contributed by atoms with E-state index >= 15 is 19.2 Å². The van der Waals surface area contributed by atoms with E-state index in [0.717, 1.165) is 49.5 Å². The fraction of sp³-hybridized carbons (Fsp3) is 0.356. The van der Waals surface area contributed by atoms with E-state index in [4.69, 9.17) is 18.9 Å². The standard InChI is InChI=1S/C59H60N4O11/c1-38(40-21-10-7-11-22-40)60-58(70)62-47-31-30-39(20-18-29-45(54(66)71-2)55(67)72-3)36-46(47)59(57(62)69)48(53(65)61-32-16-5-4-6-17-33-61)50-56(68)74-51(42-25-14-9-15-26-42)49(41-23-12-8-13-24-41)63(50)52(59)43-27-19-28-44(37-43)73-35-34-64/h7-15,19,21-28,30-31,36-38,45,48-52,64H,4-6,16-17,29,32-35H2,1-3H3,(H,60,70). The van der Waals surface area contributed by atoms with Crippen LogP contribution in [0.5, 0.6) is 5.75 Å². The van der Waals surface area contributed by atoms with E-state index in [9.17, 15) is 14.7 Å². The topological polar surface area (TPSA) is 181 Å². The molecule has 7 atom stereocenters. The van der Waals surface area contributed by atoms with Crippen molar-refractivity contribution in [2.45, 2.75) is 81.1 Å². The molecule has 3 fully saturated rings. The van der Waals surface area contributed by atoms with Crippen molar-refractivity contribution in [1.82, 2.24) is 15.1 Å². The van der Waals surface area contributed by atoms with Gasteiger partial charge in [-0.1, -0.05) is 134 Å². The summed E-state index contributed by atoms with van der Waals surface area (Å²) in [7, 11) is 2.33. The number of likely N-dealkylation sites (tertiary alicyclic amines) is 1. The van der Waals surface area contributed by atoms with Gasteiger partial charge in [-0.3, -0.25) is 28.9 Å². The average Bonchev–Trinajstić information content (AvgIpc) is 3.88. The van der Waals surface area contributed by atoms with Gasteiger partial charge in [0.1, 0.15) is 29.9 Å². The molecule has 0 aliphatic carbocycles. The number of rotatable bonds is 12. The van der Waals surface area contributed by atoms with E-state index in [0.29, 0.717) is 48.4 Å². The molecule has 74 heavy (non-hydrogen) atoms. The number of morpholine rings is 1. The van der Waals surface area contributed by atoms with Crippen LogP contribution in [0, 0.1) is 23.7 Å². The number of amides is 4. The first-order valence-corrected chi connectivity index (χ1v) is 25.2. The quantitative estimate of drug-likeness (QED) is 0.0539. The molecule has 4 aliphatic heterocycles. The summed E-state index contributed by atoms with van der Waals surface area (Å²) in [6, 6.07) is 35.5. The molecule has 9 rings (SSSR count). The molecule has 0 saturated carbocycles. The summed E-state index contributed by atoms with van der Waals surface area (Å²) < 4.78 is 22.5. The number of urea groups is 1. The first kappa shape index (κ1) is 51.1. The highest BCUT2D eigenvalue weighted by atomic mass is 16.6. The number of nitrogens with zero attached hydrogens (tertiary/aromatic N) is 3. The summed E-state index contributed by atoms with van der Waals surface area (Å²) in [5.41, 5.74) is 1.39. The van der Waals surface area contributed by atoms with Gasteiger partial charge in [-0.05, 0) is 77.9 Å². The third-order valence-corrected chi connectivity index (χ3v) is 14.8. The lowest BCUT2D eigenvalue weighted by Gasteiger charge is -2.46. The van der Waals surface area contributed by atoms with Crippen LogP contribution in [-0.4, -0.2) is 97.2 Å². The van der Waals surface area contributed by atoms with Gasteiger partial charge in [0.2, 0.25) is 11.8 Å². The molecule has 0 radical (unpaired) electrons. The molecule has 5 aromatic carbocycles. The van der Waals surface area contributed by atoms with Crippen molar-refractivity contribution in [3.8, 4) is 17.6 Å². The molecular weight excluding hydrogens is 941 g/mol.